The highest BCUT2D eigenvalue weighted by Crippen LogP contribution is 2.39. The van der Waals surface area contributed by atoms with Gasteiger partial charge < -0.3 is 14.4 Å². The fourth-order valence-electron chi connectivity index (χ4n) is 2.97. The summed E-state index contributed by atoms with van der Waals surface area (Å²) in [7, 11) is 0. The van der Waals surface area contributed by atoms with Crippen molar-refractivity contribution in [3.63, 3.8) is 0 Å². The molecule has 0 radical (unpaired) electrons. The number of nitrogens with zero attached hydrogens (tertiary/aromatic N) is 2. The lowest BCUT2D eigenvalue weighted by Gasteiger charge is -2.30. The average molecular weight is 327 g/mol. The first-order valence-electron chi connectivity index (χ1n) is 8.47. The molecule has 1 saturated carbocycles. The van der Waals surface area contributed by atoms with Gasteiger partial charge in [-0.3, -0.25) is 9.89 Å². The highest BCUT2D eigenvalue weighted by Gasteiger charge is 2.29. The second kappa shape index (κ2) is 6.19. The summed E-state index contributed by atoms with van der Waals surface area (Å²) in [6, 6.07) is 9.48. The lowest BCUT2D eigenvalue weighted by molar-refractivity contribution is 0.0471. The van der Waals surface area contributed by atoms with Gasteiger partial charge in [-0.2, -0.15) is 5.10 Å². The average Bonchev–Trinajstić information content (AvgIpc) is 3.36. The lowest BCUT2D eigenvalue weighted by atomic mass is 10.2. The van der Waals surface area contributed by atoms with Crippen LogP contribution >= 0.6 is 0 Å². The van der Waals surface area contributed by atoms with E-state index in [0.717, 1.165) is 17.2 Å². The third-order valence-electron chi connectivity index (χ3n) is 4.49. The first-order valence-corrected chi connectivity index (χ1v) is 8.47. The number of ether oxygens (including phenoxy) is 2. The van der Waals surface area contributed by atoms with Gasteiger partial charge >= 0.3 is 0 Å². The number of rotatable bonds is 5. The van der Waals surface area contributed by atoms with Crippen LogP contribution in [0.1, 0.15) is 41.9 Å². The fraction of sp³-hybridized carbons (Fsp3) is 0.444. The van der Waals surface area contributed by atoms with Crippen LogP contribution in [-0.2, 0) is 0 Å². The Hall–Kier alpha value is -2.50. The molecule has 4 rings (SSSR count). The summed E-state index contributed by atoms with van der Waals surface area (Å²) in [5.74, 6) is 1.97. The second-order valence-electron chi connectivity index (χ2n) is 6.32. The Morgan fingerprint density at radius 2 is 2.12 bits per heavy atom. The van der Waals surface area contributed by atoms with Crippen LogP contribution in [0.25, 0.3) is 0 Å². The van der Waals surface area contributed by atoms with Gasteiger partial charge in [0.05, 0.1) is 6.54 Å². The van der Waals surface area contributed by atoms with Gasteiger partial charge in [0.2, 0.25) is 0 Å². The first kappa shape index (κ1) is 15.1. The van der Waals surface area contributed by atoms with Crippen molar-refractivity contribution in [3.05, 3.63) is 41.7 Å². The van der Waals surface area contributed by atoms with Gasteiger partial charge in [-0.15, -0.1) is 0 Å². The Bertz CT molecular complexity index is 739. The van der Waals surface area contributed by atoms with Gasteiger partial charge in [0.25, 0.3) is 5.91 Å². The smallest absolute Gasteiger partial charge is 0.274 e. The largest absolute Gasteiger partial charge is 0.486 e. The number of carbonyl (C=O) groups is 1. The molecule has 6 heteroatoms. The number of aromatic nitrogens is 2. The van der Waals surface area contributed by atoms with Gasteiger partial charge in [0.1, 0.15) is 12.3 Å². The van der Waals surface area contributed by atoms with E-state index in [0.29, 0.717) is 31.3 Å². The summed E-state index contributed by atoms with van der Waals surface area (Å²) in [5, 5.41) is 7.18. The van der Waals surface area contributed by atoms with Crippen molar-refractivity contribution in [2.24, 2.45) is 0 Å². The zero-order valence-corrected chi connectivity index (χ0v) is 13.7. The lowest BCUT2D eigenvalue weighted by Crippen LogP contribution is -2.43. The van der Waals surface area contributed by atoms with Gasteiger partial charge in [-0.1, -0.05) is 12.1 Å². The first-order chi connectivity index (χ1) is 11.7. The monoisotopic (exact) mass is 327 g/mol. The number of benzene rings is 1. The molecule has 2 aliphatic rings. The number of fused-ring (bicyclic) bond motifs is 1. The van der Waals surface area contributed by atoms with Crippen molar-refractivity contribution >= 4 is 5.91 Å². The molecule has 2 heterocycles. The van der Waals surface area contributed by atoms with E-state index in [4.69, 9.17) is 9.47 Å². The van der Waals surface area contributed by atoms with E-state index in [2.05, 4.69) is 10.2 Å². The van der Waals surface area contributed by atoms with Crippen LogP contribution < -0.4 is 9.47 Å². The van der Waals surface area contributed by atoms with Crippen molar-refractivity contribution in [2.75, 3.05) is 19.7 Å². The number of H-pyrrole nitrogens is 1. The molecule has 1 N–H and O–H groups in total. The maximum atomic E-state index is 12.7. The Balaban J connectivity index is 1.43. The summed E-state index contributed by atoms with van der Waals surface area (Å²) in [6.45, 7) is 3.49. The van der Waals surface area contributed by atoms with E-state index in [9.17, 15) is 4.79 Å². The molecule has 0 spiro atoms. The minimum Gasteiger partial charge on any atom is -0.486 e. The predicted molar refractivity (Wildman–Crippen MR) is 88.5 cm³/mol. The molecule has 0 bridgehead atoms. The standard InChI is InChI=1S/C18H21N3O3/c1-2-21(18(22)15-9-14(19-20-15)12-7-8-12)10-13-11-23-16-5-3-4-6-17(16)24-13/h3-6,9,12-13H,2,7-8,10-11H2,1H3,(H,19,20)/t13-/m1/s1. The minimum absolute atomic E-state index is 0.0666. The van der Waals surface area contributed by atoms with E-state index in [1.54, 1.807) is 4.90 Å². The van der Waals surface area contributed by atoms with Crippen LogP contribution in [0.4, 0.5) is 0 Å². The van der Waals surface area contributed by atoms with E-state index in [-0.39, 0.29) is 12.0 Å². The van der Waals surface area contributed by atoms with Crippen LogP contribution in [0.5, 0.6) is 11.5 Å². The maximum absolute atomic E-state index is 12.7. The zero-order chi connectivity index (χ0) is 16.5. The molecule has 126 valence electrons. The highest BCUT2D eigenvalue weighted by molar-refractivity contribution is 5.92. The number of nitrogens with one attached hydrogen (secondary N) is 1. The number of likely N-dealkylation sites (N-methyl/N-ethyl adjacent to an activating group) is 1. The van der Waals surface area contributed by atoms with Gasteiger partial charge in [-0.25, -0.2) is 0 Å². The molecular formula is C18H21N3O3. The van der Waals surface area contributed by atoms with Gasteiger partial charge in [0.15, 0.2) is 17.6 Å². The molecule has 2 aromatic rings. The van der Waals surface area contributed by atoms with Crippen LogP contribution in [0, 0.1) is 0 Å². The van der Waals surface area contributed by atoms with Crippen molar-refractivity contribution in [2.45, 2.75) is 31.8 Å². The van der Waals surface area contributed by atoms with E-state index < -0.39 is 0 Å². The fourth-order valence-corrected chi connectivity index (χ4v) is 2.97. The van der Waals surface area contributed by atoms with E-state index >= 15 is 0 Å². The molecule has 1 fully saturated rings. The number of aromatic amines is 1. The van der Waals surface area contributed by atoms with Crippen molar-refractivity contribution in [1.82, 2.24) is 15.1 Å². The molecule has 0 unspecified atom stereocenters. The SMILES string of the molecule is CCN(C[C@@H]1COc2ccccc2O1)C(=O)c1cc(C2CC2)[nH]n1. The Morgan fingerprint density at radius 3 is 2.88 bits per heavy atom. The normalized spacial score (nSPS) is 19.1. The molecule has 0 saturated heterocycles. The molecule has 1 aliphatic heterocycles. The molecule has 1 aromatic carbocycles. The second-order valence-corrected chi connectivity index (χ2v) is 6.32. The quantitative estimate of drug-likeness (QED) is 0.916. The summed E-state index contributed by atoms with van der Waals surface area (Å²) in [6.07, 6.45) is 2.19. The van der Waals surface area contributed by atoms with Crippen molar-refractivity contribution in [3.8, 4) is 11.5 Å². The maximum Gasteiger partial charge on any atom is 0.274 e. The molecule has 24 heavy (non-hydrogen) atoms. The summed E-state index contributed by atoms with van der Waals surface area (Å²) >= 11 is 0. The Kier molecular flexibility index (Phi) is 3.88. The molecule has 1 amide bonds. The Labute approximate surface area is 140 Å². The van der Waals surface area contributed by atoms with Crippen LogP contribution in [0.3, 0.4) is 0 Å². The summed E-state index contributed by atoms with van der Waals surface area (Å²) < 4.78 is 11.7. The molecule has 1 atom stereocenters. The highest BCUT2D eigenvalue weighted by atomic mass is 16.6. The summed E-state index contributed by atoms with van der Waals surface area (Å²) in [5.41, 5.74) is 1.55. The topological polar surface area (TPSA) is 67.5 Å². The van der Waals surface area contributed by atoms with E-state index in [1.807, 2.05) is 37.3 Å². The van der Waals surface area contributed by atoms with Crippen molar-refractivity contribution < 1.29 is 14.3 Å². The number of para-hydroxylation sites is 2. The minimum atomic E-state index is -0.175. The Morgan fingerprint density at radius 1 is 1.33 bits per heavy atom. The van der Waals surface area contributed by atoms with E-state index in [1.165, 1.54) is 12.8 Å². The molecule has 1 aliphatic carbocycles. The number of hydrogen-bond donors (Lipinski definition) is 1. The van der Waals surface area contributed by atoms with Crippen LogP contribution in [0.2, 0.25) is 0 Å². The number of carbonyl (C=O) groups excluding carboxylic acids is 1. The predicted octanol–water partition coefficient (Wildman–Crippen LogP) is 2.59. The van der Waals surface area contributed by atoms with Crippen LogP contribution in [0.15, 0.2) is 30.3 Å². The molecular weight excluding hydrogens is 306 g/mol. The number of hydrogen-bond acceptors (Lipinski definition) is 4. The number of amides is 1. The summed E-state index contributed by atoms with van der Waals surface area (Å²) in [4.78, 5) is 14.5. The van der Waals surface area contributed by atoms with Crippen molar-refractivity contribution in [1.29, 1.82) is 0 Å². The molecule has 6 nitrogen and oxygen atoms in total. The molecule has 1 aromatic heterocycles. The van der Waals surface area contributed by atoms with Crippen LogP contribution in [-0.4, -0.2) is 46.8 Å². The van der Waals surface area contributed by atoms with Gasteiger partial charge in [0, 0.05) is 18.2 Å². The third-order valence-corrected chi connectivity index (χ3v) is 4.49. The zero-order valence-electron chi connectivity index (χ0n) is 13.7. The van der Waals surface area contributed by atoms with Gasteiger partial charge in [-0.05, 0) is 38.0 Å². The third kappa shape index (κ3) is 2.96.